The quantitative estimate of drug-likeness (QED) is 0.159. The van der Waals surface area contributed by atoms with E-state index in [-0.39, 0.29) is 24.7 Å². The highest BCUT2D eigenvalue weighted by atomic mass is 32.2. The van der Waals surface area contributed by atoms with Crippen LogP contribution in [0, 0.1) is 0 Å². The number of ether oxygens (including phenoxy) is 2. The number of amides is 2. The highest BCUT2D eigenvalue weighted by molar-refractivity contribution is 8.23. The average molecular weight is 625 g/mol. The number of benzene rings is 4. The Morgan fingerprint density at radius 3 is 1.95 bits per heavy atom. The summed E-state index contributed by atoms with van der Waals surface area (Å²) < 4.78 is 11.3. The maximum atomic E-state index is 13.6. The van der Waals surface area contributed by atoms with Gasteiger partial charge in [-0.05, 0) is 33.4 Å². The Balaban J connectivity index is 1.29. The molecule has 0 aromatic heterocycles. The van der Waals surface area contributed by atoms with Crippen LogP contribution in [0.2, 0.25) is 0 Å². The second kappa shape index (κ2) is 14.8. The maximum absolute atomic E-state index is 13.6. The lowest BCUT2D eigenvalue weighted by Gasteiger charge is -2.23. The molecule has 0 unspecified atom stereocenters. The van der Waals surface area contributed by atoms with Gasteiger partial charge in [0.2, 0.25) is 5.91 Å². The number of esters is 1. The predicted octanol–water partition coefficient (Wildman–Crippen LogP) is 5.90. The standard InChI is InChI=1S/C35H32N2O5S2/c1-41-33(39)30(20-23-12-4-2-5-13-23)36-32(38)31(22-44-34(43)24-14-6-3-7-15-24)37-35(40)42-21-29-27-18-10-8-16-25(27)26-17-9-11-19-28(26)29/h2-19,29-31H,20-22H2,1H3,(H,36,38)(H,37,40)/t30-,31-/m0/s1. The summed E-state index contributed by atoms with van der Waals surface area (Å²) in [5.41, 5.74) is 6.09. The van der Waals surface area contributed by atoms with Crippen molar-refractivity contribution < 1.29 is 23.9 Å². The molecule has 1 aliphatic carbocycles. The van der Waals surface area contributed by atoms with Crippen LogP contribution in [0.5, 0.6) is 0 Å². The zero-order valence-corrected chi connectivity index (χ0v) is 25.7. The minimum Gasteiger partial charge on any atom is -0.467 e. The van der Waals surface area contributed by atoms with Gasteiger partial charge >= 0.3 is 12.1 Å². The van der Waals surface area contributed by atoms with Gasteiger partial charge in [-0.15, -0.1) is 11.8 Å². The summed E-state index contributed by atoms with van der Waals surface area (Å²) in [4.78, 5) is 39.4. The number of fused-ring (bicyclic) bond motifs is 3. The molecule has 9 heteroatoms. The number of carbonyl (C=O) groups is 3. The lowest BCUT2D eigenvalue weighted by molar-refractivity contribution is -0.145. The van der Waals surface area contributed by atoms with E-state index in [1.807, 2.05) is 97.1 Å². The zero-order valence-electron chi connectivity index (χ0n) is 24.1. The third kappa shape index (κ3) is 7.53. The topological polar surface area (TPSA) is 93.7 Å². The summed E-state index contributed by atoms with van der Waals surface area (Å²) in [6.07, 6.45) is -0.511. The summed E-state index contributed by atoms with van der Waals surface area (Å²) >= 11 is 6.85. The van der Waals surface area contributed by atoms with Crippen LogP contribution in [0.1, 0.15) is 28.2 Å². The number of alkyl carbamates (subject to hydrolysis) is 1. The molecule has 0 saturated heterocycles. The van der Waals surface area contributed by atoms with Gasteiger partial charge < -0.3 is 20.1 Å². The molecule has 224 valence electrons. The van der Waals surface area contributed by atoms with E-state index in [0.29, 0.717) is 4.20 Å². The Bertz CT molecular complexity index is 1590. The predicted molar refractivity (Wildman–Crippen MR) is 177 cm³/mol. The molecule has 1 aliphatic rings. The highest BCUT2D eigenvalue weighted by Crippen LogP contribution is 2.44. The molecule has 5 rings (SSSR count). The van der Waals surface area contributed by atoms with Gasteiger partial charge in [0.15, 0.2) is 0 Å². The summed E-state index contributed by atoms with van der Waals surface area (Å²) in [5.74, 6) is -1.14. The van der Waals surface area contributed by atoms with E-state index in [0.717, 1.165) is 33.4 Å². The van der Waals surface area contributed by atoms with Gasteiger partial charge in [0.05, 0.1) is 11.3 Å². The summed E-state index contributed by atoms with van der Waals surface area (Å²) in [7, 11) is 1.27. The first-order valence-corrected chi connectivity index (χ1v) is 15.6. The molecule has 2 N–H and O–H groups in total. The van der Waals surface area contributed by atoms with Crippen LogP contribution in [0.3, 0.4) is 0 Å². The Morgan fingerprint density at radius 1 is 0.773 bits per heavy atom. The Morgan fingerprint density at radius 2 is 1.34 bits per heavy atom. The Hall–Kier alpha value is -4.47. The van der Waals surface area contributed by atoms with Gasteiger partial charge in [-0.2, -0.15) is 0 Å². The van der Waals surface area contributed by atoms with Gasteiger partial charge in [0, 0.05) is 18.1 Å². The molecule has 4 aromatic rings. The molecule has 0 heterocycles. The molecule has 7 nitrogen and oxygen atoms in total. The van der Waals surface area contributed by atoms with E-state index in [1.54, 1.807) is 0 Å². The number of carbonyl (C=O) groups excluding carboxylic acids is 3. The fourth-order valence-electron chi connectivity index (χ4n) is 5.24. The molecule has 0 fully saturated rings. The Labute approximate surface area is 266 Å². The molecule has 0 saturated carbocycles. The van der Waals surface area contributed by atoms with Crippen LogP contribution in [0.15, 0.2) is 109 Å². The van der Waals surface area contributed by atoms with Crippen molar-refractivity contribution in [2.45, 2.75) is 24.4 Å². The fraction of sp³-hybridized carbons (Fsp3) is 0.200. The van der Waals surface area contributed by atoms with Crippen LogP contribution in [-0.2, 0) is 25.5 Å². The summed E-state index contributed by atoms with van der Waals surface area (Å²) in [6.45, 7) is 0.0998. The monoisotopic (exact) mass is 624 g/mol. The van der Waals surface area contributed by atoms with E-state index < -0.39 is 30.1 Å². The van der Waals surface area contributed by atoms with Gasteiger partial charge in [-0.25, -0.2) is 9.59 Å². The zero-order chi connectivity index (χ0) is 30.9. The number of thiocarbonyl (C=S) groups is 1. The van der Waals surface area contributed by atoms with Crippen molar-refractivity contribution >= 4 is 46.1 Å². The van der Waals surface area contributed by atoms with Crippen LogP contribution in [0.4, 0.5) is 4.79 Å². The number of hydrogen-bond donors (Lipinski definition) is 2. The van der Waals surface area contributed by atoms with Crippen molar-refractivity contribution in [3.05, 3.63) is 131 Å². The molecule has 0 bridgehead atoms. The summed E-state index contributed by atoms with van der Waals surface area (Å²) in [5, 5.41) is 5.48. The van der Waals surface area contributed by atoms with Crippen molar-refractivity contribution in [3.63, 3.8) is 0 Å². The number of hydrogen-bond acceptors (Lipinski definition) is 7. The molecule has 2 atom stereocenters. The third-order valence-electron chi connectivity index (χ3n) is 7.43. The number of thioether (sulfide) groups is 1. The molecule has 0 radical (unpaired) electrons. The minimum atomic E-state index is -1.04. The smallest absolute Gasteiger partial charge is 0.407 e. The van der Waals surface area contributed by atoms with E-state index in [4.69, 9.17) is 21.7 Å². The third-order valence-corrected chi connectivity index (χ3v) is 9.01. The fourth-order valence-corrected chi connectivity index (χ4v) is 6.44. The maximum Gasteiger partial charge on any atom is 0.407 e. The molecule has 0 aliphatic heterocycles. The highest BCUT2D eigenvalue weighted by Gasteiger charge is 2.31. The van der Waals surface area contributed by atoms with Gasteiger partial charge in [-0.1, -0.05) is 121 Å². The van der Waals surface area contributed by atoms with Crippen molar-refractivity contribution in [3.8, 4) is 11.1 Å². The van der Waals surface area contributed by atoms with E-state index in [2.05, 4.69) is 22.8 Å². The number of methoxy groups -OCH3 is 1. The van der Waals surface area contributed by atoms with Crippen molar-refractivity contribution in [1.82, 2.24) is 10.6 Å². The number of nitrogens with one attached hydrogen (secondary N) is 2. The molecular weight excluding hydrogens is 593 g/mol. The van der Waals surface area contributed by atoms with Crippen molar-refractivity contribution in [1.29, 1.82) is 0 Å². The van der Waals surface area contributed by atoms with Crippen LogP contribution < -0.4 is 10.6 Å². The largest absolute Gasteiger partial charge is 0.467 e. The number of rotatable bonds is 11. The lowest BCUT2D eigenvalue weighted by Crippen LogP contribution is -2.53. The lowest BCUT2D eigenvalue weighted by atomic mass is 9.98. The van der Waals surface area contributed by atoms with Gasteiger partial charge in [0.1, 0.15) is 18.7 Å². The normalized spacial score (nSPS) is 13.1. The van der Waals surface area contributed by atoms with E-state index in [1.165, 1.54) is 18.9 Å². The molecule has 44 heavy (non-hydrogen) atoms. The van der Waals surface area contributed by atoms with Crippen LogP contribution in [-0.4, -0.2) is 53.7 Å². The molecule has 0 spiro atoms. The summed E-state index contributed by atoms with van der Waals surface area (Å²) in [6, 6.07) is 32.9. The van der Waals surface area contributed by atoms with Crippen molar-refractivity contribution in [2.75, 3.05) is 19.5 Å². The van der Waals surface area contributed by atoms with Crippen LogP contribution >= 0.6 is 24.0 Å². The first-order valence-electron chi connectivity index (χ1n) is 14.2. The second-order valence-electron chi connectivity index (χ2n) is 10.3. The first kappa shape index (κ1) is 31.0. The minimum absolute atomic E-state index is 0.0998. The average Bonchev–Trinajstić information content (AvgIpc) is 3.39. The molecule has 2 amide bonds. The van der Waals surface area contributed by atoms with Gasteiger partial charge in [-0.3, -0.25) is 4.79 Å². The molecular formula is C35H32N2O5S2. The van der Waals surface area contributed by atoms with Gasteiger partial charge in [0.25, 0.3) is 0 Å². The molecule has 4 aromatic carbocycles. The van der Waals surface area contributed by atoms with Crippen LogP contribution in [0.25, 0.3) is 11.1 Å². The SMILES string of the molecule is COC(=O)[C@H](Cc1ccccc1)NC(=O)[C@H](CSC(=S)c1ccccc1)NC(=O)OCC1c2ccccc2-c2ccccc21. The van der Waals surface area contributed by atoms with Crippen molar-refractivity contribution in [2.24, 2.45) is 0 Å². The Kier molecular flexibility index (Phi) is 10.4. The second-order valence-corrected chi connectivity index (χ2v) is 12.0. The first-order chi connectivity index (χ1) is 21.4. The van der Waals surface area contributed by atoms with E-state index >= 15 is 0 Å². The van der Waals surface area contributed by atoms with E-state index in [9.17, 15) is 14.4 Å².